The Kier molecular flexibility index (Phi) is 4.50. The number of carbonyl (C=O) groups is 2. The lowest BCUT2D eigenvalue weighted by molar-refractivity contribution is -0.137. The van der Waals surface area contributed by atoms with E-state index in [1.165, 1.54) is 18.1 Å². The number of rotatable bonds is 6. The lowest BCUT2D eigenvalue weighted by atomic mass is 10.3. The van der Waals surface area contributed by atoms with E-state index < -0.39 is 11.9 Å². The fourth-order valence-electron chi connectivity index (χ4n) is 1.30. The van der Waals surface area contributed by atoms with Crippen molar-refractivity contribution < 1.29 is 24.0 Å². The number of ether oxygens (including phenoxy) is 1. The second-order valence-electron chi connectivity index (χ2n) is 3.35. The molecule has 1 aromatic rings. The van der Waals surface area contributed by atoms with Gasteiger partial charge in [0.2, 0.25) is 5.76 Å². The molecule has 94 valence electrons. The Morgan fingerprint density at radius 1 is 1.59 bits per heavy atom. The molecule has 0 aliphatic rings. The van der Waals surface area contributed by atoms with Crippen LogP contribution in [0.3, 0.4) is 0 Å². The van der Waals surface area contributed by atoms with Crippen LogP contribution in [0.25, 0.3) is 0 Å². The molecule has 0 aromatic carbocycles. The van der Waals surface area contributed by atoms with Gasteiger partial charge in [-0.25, -0.2) is 0 Å². The molecular weight excluding hydrogens is 228 g/mol. The van der Waals surface area contributed by atoms with E-state index in [0.29, 0.717) is 13.0 Å². The van der Waals surface area contributed by atoms with E-state index in [9.17, 15) is 9.59 Å². The van der Waals surface area contributed by atoms with Crippen LogP contribution in [0.4, 0.5) is 0 Å². The van der Waals surface area contributed by atoms with Gasteiger partial charge < -0.3 is 19.3 Å². The van der Waals surface area contributed by atoms with Crippen LogP contribution in [0.5, 0.6) is 5.88 Å². The first-order valence-corrected chi connectivity index (χ1v) is 5.10. The van der Waals surface area contributed by atoms with Gasteiger partial charge in [-0.2, -0.15) is 0 Å². The van der Waals surface area contributed by atoms with E-state index in [0.717, 1.165) is 0 Å². The first-order chi connectivity index (χ1) is 8.08. The molecule has 7 heteroatoms. The smallest absolute Gasteiger partial charge is 0.323 e. The SMILES string of the molecule is CCCN(CC(=O)O)C(=O)c1cc(OC)no1. The van der Waals surface area contributed by atoms with Gasteiger partial charge >= 0.3 is 5.97 Å². The lowest BCUT2D eigenvalue weighted by Gasteiger charge is -2.17. The van der Waals surface area contributed by atoms with Crippen molar-refractivity contribution >= 4 is 11.9 Å². The largest absolute Gasteiger partial charge is 0.480 e. The molecule has 0 aliphatic carbocycles. The van der Waals surface area contributed by atoms with Crippen molar-refractivity contribution in [2.24, 2.45) is 0 Å². The molecule has 0 saturated heterocycles. The number of hydrogen-bond acceptors (Lipinski definition) is 5. The van der Waals surface area contributed by atoms with Crippen molar-refractivity contribution in [3.05, 3.63) is 11.8 Å². The zero-order chi connectivity index (χ0) is 12.8. The van der Waals surface area contributed by atoms with Gasteiger partial charge in [0.15, 0.2) is 0 Å². The highest BCUT2D eigenvalue weighted by Gasteiger charge is 2.22. The molecule has 1 heterocycles. The number of amides is 1. The molecule has 0 spiro atoms. The van der Waals surface area contributed by atoms with Crippen LogP contribution in [0.15, 0.2) is 10.6 Å². The van der Waals surface area contributed by atoms with Gasteiger partial charge in [-0.05, 0) is 11.6 Å². The molecule has 1 N–H and O–H groups in total. The normalized spacial score (nSPS) is 10.0. The summed E-state index contributed by atoms with van der Waals surface area (Å²) in [4.78, 5) is 23.7. The molecule has 1 amide bonds. The van der Waals surface area contributed by atoms with Crippen LogP contribution < -0.4 is 4.74 Å². The summed E-state index contributed by atoms with van der Waals surface area (Å²) in [5.74, 6) is -1.43. The quantitative estimate of drug-likeness (QED) is 0.786. The topological polar surface area (TPSA) is 92.9 Å². The van der Waals surface area contributed by atoms with E-state index in [-0.39, 0.29) is 18.2 Å². The van der Waals surface area contributed by atoms with Crippen molar-refractivity contribution in [3.63, 3.8) is 0 Å². The number of nitrogens with zero attached hydrogens (tertiary/aromatic N) is 2. The predicted octanol–water partition coefficient (Wildman–Crippen LogP) is 0.620. The molecule has 0 fully saturated rings. The van der Waals surface area contributed by atoms with Gasteiger partial charge in [-0.1, -0.05) is 6.92 Å². The Bertz CT molecular complexity index is 401. The average molecular weight is 242 g/mol. The number of aromatic nitrogens is 1. The van der Waals surface area contributed by atoms with Crippen molar-refractivity contribution in [1.82, 2.24) is 10.1 Å². The second kappa shape index (κ2) is 5.88. The molecule has 0 saturated carbocycles. The average Bonchev–Trinajstić information content (AvgIpc) is 2.75. The highest BCUT2D eigenvalue weighted by molar-refractivity contribution is 5.93. The standard InChI is InChI=1S/C10H14N2O5/c1-3-4-12(6-9(13)14)10(15)7-5-8(16-2)11-17-7/h5H,3-4,6H2,1-2H3,(H,13,14). The molecule has 7 nitrogen and oxygen atoms in total. The number of carbonyl (C=O) groups excluding carboxylic acids is 1. The van der Waals surface area contributed by atoms with Gasteiger partial charge in [-0.15, -0.1) is 0 Å². The molecule has 0 atom stereocenters. The summed E-state index contributed by atoms with van der Waals surface area (Å²) in [5.41, 5.74) is 0. The number of carboxylic acid groups (broad SMARTS) is 1. The van der Waals surface area contributed by atoms with Gasteiger partial charge in [0.1, 0.15) is 6.54 Å². The summed E-state index contributed by atoms with van der Waals surface area (Å²) in [5, 5.41) is 12.2. The summed E-state index contributed by atoms with van der Waals surface area (Å²) in [7, 11) is 1.40. The molecule has 0 aliphatic heterocycles. The molecule has 0 unspecified atom stereocenters. The monoisotopic (exact) mass is 242 g/mol. The van der Waals surface area contributed by atoms with Crippen molar-refractivity contribution in [1.29, 1.82) is 0 Å². The minimum Gasteiger partial charge on any atom is -0.480 e. The van der Waals surface area contributed by atoms with Crippen molar-refractivity contribution in [2.45, 2.75) is 13.3 Å². The number of carboxylic acids is 1. The molecule has 0 bridgehead atoms. The highest BCUT2D eigenvalue weighted by Crippen LogP contribution is 2.13. The van der Waals surface area contributed by atoms with Crippen molar-refractivity contribution in [2.75, 3.05) is 20.2 Å². The van der Waals surface area contributed by atoms with E-state index in [1.807, 2.05) is 6.92 Å². The van der Waals surface area contributed by atoms with E-state index >= 15 is 0 Å². The Hall–Kier alpha value is -2.05. The lowest BCUT2D eigenvalue weighted by Crippen LogP contribution is -2.36. The summed E-state index contributed by atoms with van der Waals surface area (Å²) in [6, 6.07) is 1.33. The number of methoxy groups -OCH3 is 1. The molecule has 17 heavy (non-hydrogen) atoms. The molecule has 1 aromatic heterocycles. The van der Waals surface area contributed by atoms with Crippen LogP contribution in [-0.2, 0) is 4.79 Å². The minimum atomic E-state index is -1.07. The maximum atomic E-state index is 11.9. The van der Waals surface area contributed by atoms with Crippen LogP contribution in [0.2, 0.25) is 0 Å². The van der Waals surface area contributed by atoms with E-state index in [1.54, 1.807) is 0 Å². The van der Waals surface area contributed by atoms with Crippen molar-refractivity contribution in [3.8, 4) is 5.88 Å². The second-order valence-corrected chi connectivity index (χ2v) is 3.35. The Morgan fingerprint density at radius 3 is 2.76 bits per heavy atom. The maximum Gasteiger partial charge on any atom is 0.323 e. The third-order valence-electron chi connectivity index (χ3n) is 2.02. The fraction of sp³-hybridized carbons (Fsp3) is 0.500. The summed E-state index contributed by atoms with van der Waals surface area (Å²) >= 11 is 0. The third-order valence-corrected chi connectivity index (χ3v) is 2.02. The summed E-state index contributed by atoms with van der Waals surface area (Å²) in [6.07, 6.45) is 0.657. The van der Waals surface area contributed by atoms with Crippen LogP contribution in [-0.4, -0.2) is 47.2 Å². The Labute approximate surface area is 97.9 Å². The fourth-order valence-corrected chi connectivity index (χ4v) is 1.30. The predicted molar refractivity (Wildman–Crippen MR) is 56.9 cm³/mol. The van der Waals surface area contributed by atoms with E-state index in [4.69, 9.17) is 14.4 Å². The van der Waals surface area contributed by atoms with Crippen LogP contribution in [0.1, 0.15) is 23.9 Å². The third kappa shape index (κ3) is 3.47. The van der Waals surface area contributed by atoms with Crippen LogP contribution >= 0.6 is 0 Å². The van der Waals surface area contributed by atoms with Gasteiger partial charge in [0, 0.05) is 6.54 Å². The highest BCUT2D eigenvalue weighted by atomic mass is 16.5. The molecule has 1 rings (SSSR count). The number of aliphatic carboxylic acids is 1. The van der Waals surface area contributed by atoms with Crippen LogP contribution in [0, 0.1) is 0 Å². The van der Waals surface area contributed by atoms with Gasteiger partial charge in [-0.3, -0.25) is 9.59 Å². The first kappa shape index (κ1) is 13.0. The number of hydrogen-bond donors (Lipinski definition) is 1. The van der Waals surface area contributed by atoms with Gasteiger partial charge in [0.05, 0.1) is 13.2 Å². The molecule has 0 radical (unpaired) electrons. The Morgan fingerprint density at radius 2 is 2.29 bits per heavy atom. The first-order valence-electron chi connectivity index (χ1n) is 5.10. The summed E-state index contributed by atoms with van der Waals surface area (Å²) in [6.45, 7) is 1.83. The van der Waals surface area contributed by atoms with E-state index in [2.05, 4.69) is 5.16 Å². The summed E-state index contributed by atoms with van der Waals surface area (Å²) < 4.78 is 9.54. The zero-order valence-corrected chi connectivity index (χ0v) is 9.67. The van der Waals surface area contributed by atoms with Gasteiger partial charge in [0.25, 0.3) is 11.8 Å². The maximum absolute atomic E-state index is 11.9. The zero-order valence-electron chi connectivity index (χ0n) is 9.67. The molecular formula is C10H14N2O5. The Balaban J connectivity index is 2.79. The minimum absolute atomic E-state index is 0.0310.